The van der Waals surface area contributed by atoms with Gasteiger partial charge in [-0.15, -0.1) is 0 Å². The van der Waals surface area contributed by atoms with Crippen LogP contribution in [-0.2, 0) is 9.59 Å². The number of rotatable bonds is 5. The van der Waals surface area contributed by atoms with Crippen LogP contribution in [0, 0.1) is 5.92 Å². The van der Waals surface area contributed by atoms with Crippen LogP contribution in [0.2, 0.25) is 0 Å². The Morgan fingerprint density at radius 3 is 2.82 bits per heavy atom. The van der Waals surface area contributed by atoms with Crippen molar-refractivity contribution >= 4 is 27.7 Å². The second-order valence-corrected chi connectivity index (χ2v) is 5.23. The smallest absolute Gasteiger partial charge is 0.224 e. The molecule has 1 fully saturated rings. The third-order valence-electron chi connectivity index (χ3n) is 3.17. The maximum Gasteiger partial charge on any atom is 0.224 e. The van der Waals surface area contributed by atoms with Gasteiger partial charge in [0.15, 0.2) is 0 Å². The highest BCUT2D eigenvalue weighted by molar-refractivity contribution is 9.09. The summed E-state index contributed by atoms with van der Waals surface area (Å²) in [6.45, 7) is 1.40. The van der Waals surface area contributed by atoms with Gasteiger partial charge in [-0.2, -0.15) is 0 Å². The molecule has 0 aromatic carbocycles. The zero-order valence-electron chi connectivity index (χ0n) is 10.4. The molecule has 1 unspecified atom stereocenters. The first kappa shape index (κ1) is 14.5. The van der Waals surface area contributed by atoms with Gasteiger partial charge >= 0.3 is 0 Å². The van der Waals surface area contributed by atoms with E-state index in [0.29, 0.717) is 13.0 Å². The number of unbranched alkanes of at least 4 members (excludes halogenated alkanes) is 1. The van der Waals surface area contributed by atoms with Crippen LogP contribution >= 0.6 is 15.9 Å². The molecule has 0 aromatic heterocycles. The highest BCUT2D eigenvalue weighted by Gasteiger charge is 2.27. The number of piperidine rings is 1. The van der Waals surface area contributed by atoms with Crippen LogP contribution < -0.4 is 5.32 Å². The van der Waals surface area contributed by atoms with Gasteiger partial charge < -0.3 is 10.2 Å². The molecule has 98 valence electrons. The summed E-state index contributed by atoms with van der Waals surface area (Å²) in [5.74, 6) is 0.233. The number of likely N-dealkylation sites (tertiary alicyclic amines) is 1. The molecule has 17 heavy (non-hydrogen) atoms. The fourth-order valence-corrected chi connectivity index (χ4v) is 2.55. The second-order valence-electron chi connectivity index (χ2n) is 4.44. The third-order valence-corrected chi connectivity index (χ3v) is 3.73. The Morgan fingerprint density at radius 2 is 2.18 bits per heavy atom. The van der Waals surface area contributed by atoms with Gasteiger partial charge in [-0.3, -0.25) is 9.59 Å². The van der Waals surface area contributed by atoms with Crippen LogP contribution in [0.5, 0.6) is 0 Å². The van der Waals surface area contributed by atoms with E-state index in [2.05, 4.69) is 21.2 Å². The first-order valence-corrected chi connectivity index (χ1v) is 7.36. The molecule has 1 aliphatic rings. The number of hydrogen-bond acceptors (Lipinski definition) is 2. The SMILES string of the molecule is CNC(=O)C1CCCN(C(=O)CCCCBr)C1. The molecule has 1 N–H and O–H groups in total. The van der Waals surface area contributed by atoms with Gasteiger partial charge in [-0.25, -0.2) is 0 Å². The molecule has 0 bridgehead atoms. The molecule has 2 amide bonds. The number of amides is 2. The number of nitrogens with zero attached hydrogens (tertiary/aromatic N) is 1. The number of hydrogen-bond donors (Lipinski definition) is 1. The molecule has 0 aliphatic carbocycles. The van der Waals surface area contributed by atoms with Crippen molar-refractivity contribution in [2.24, 2.45) is 5.92 Å². The molecule has 0 aromatic rings. The fraction of sp³-hybridized carbons (Fsp3) is 0.833. The molecule has 0 spiro atoms. The summed E-state index contributed by atoms with van der Waals surface area (Å²) < 4.78 is 0. The standard InChI is InChI=1S/C12H21BrN2O2/c1-14-12(17)10-5-4-8-15(9-10)11(16)6-2-3-7-13/h10H,2-9H2,1H3,(H,14,17). The Hall–Kier alpha value is -0.580. The van der Waals surface area contributed by atoms with Crippen LogP contribution in [0.4, 0.5) is 0 Å². The van der Waals surface area contributed by atoms with Gasteiger partial charge in [0.1, 0.15) is 0 Å². The number of carbonyl (C=O) groups is 2. The molecule has 1 aliphatic heterocycles. The Balaban J connectivity index is 2.37. The van der Waals surface area contributed by atoms with E-state index in [1.165, 1.54) is 0 Å². The maximum absolute atomic E-state index is 11.9. The Labute approximate surface area is 111 Å². The summed E-state index contributed by atoms with van der Waals surface area (Å²) in [6, 6.07) is 0. The average Bonchev–Trinajstić information content (AvgIpc) is 2.38. The van der Waals surface area contributed by atoms with Crippen LogP contribution in [-0.4, -0.2) is 42.2 Å². The molecule has 1 atom stereocenters. The number of nitrogens with one attached hydrogen (secondary N) is 1. The Bertz CT molecular complexity index is 271. The number of alkyl halides is 1. The lowest BCUT2D eigenvalue weighted by molar-refractivity contribution is -0.135. The van der Waals surface area contributed by atoms with Crippen molar-refractivity contribution in [1.82, 2.24) is 10.2 Å². The van der Waals surface area contributed by atoms with Crippen molar-refractivity contribution in [3.05, 3.63) is 0 Å². The van der Waals surface area contributed by atoms with E-state index < -0.39 is 0 Å². The first-order chi connectivity index (χ1) is 8.19. The molecule has 5 heteroatoms. The van der Waals surface area contributed by atoms with Gasteiger partial charge in [-0.1, -0.05) is 15.9 Å². The molecule has 4 nitrogen and oxygen atoms in total. The normalized spacial score (nSPS) is 20.1. The van der Waals surface area contributed by atoms with E-state index >= 15 is 0 Å². The minimum absolute atomic E-state index is 0.0196. The number of carbonyl (C=O) groups excluding carboxylic acids is 2. The number of halogens is 1. The van der Waals surface area contributed by atoms with Crippen molar-refractivity contribution in [3.63, 3.8) is 0 Å². The van der Waals surface area contributed by atoms with E-state index in [9.17, 15) is 9.59 Å². The monoisotopic (exact) mass is 304 g/mol. The van der Waals surface area contributed by atoms with Gasteiger partial charge in [0.05, 0.1) is 5.92 Å². The van der Waals surface area contributed by atoms with Crippen LogP contribution in [0.3, 0.4) is 0 Å². The minimum Gasteiger partial charge on any atom is -0.359 e. The van der Waals surface area contributed by atoms with E-state index in [1.807, 2.05) is 4.90 Å². The lowest BCUT2D eigenvalue weighted by atomic mass is 9.97. The average molecular weight is 305 g/mol. The molecule has 1 saturated heterocycles. The molecular weight excluding hydrogens is 284 g/mol. The van der Waals surface area contributed by atoms with Gasteiger partial charge in [-0.05, 0) is 25.7 Å². The minimum atomic E-state index is -0.0196. The molecule has 1 rings (SSSR count). The Morgan fingerprint density at radius 1 is 1.41 bits per heavy atom. The van der Waals surface area contributed by atoms with Crippen molar-refractivity contribution in [2.45, 2.75) is 32.1 Å². The van der Waals surface area contributed by atoms with E-state index in [1.54, 1.807) is 7.05 Å². The van der Waals surface area contributed by atoms with Crippen LogP contribution in [0.15, 0.2) is 0 Å². The van der Waals surface area contributed by atoms with Crippen LogP contribution in [0.1, 0.15) is 32.1 Å². The highest BCUT2D eigenvalue weighted by atomic mass is 79.9. The zero-order chi connectivity index (χ0) is 12.7. The molecule has 1 heterocycles. The van der Waals surface area contributed by atoms with Gasteiger partial charge in [0.2, 0.25) is 11.8 Å². The van der Waals surface area contributed by atoms with Crippen molar-refractivity contribution in [2.75, 3.05) is 25.5 Å². The lowest BCUT2D eigenvalue weighted by Crippen LogP contribution is -2.44. The molecular formula is C12H21BrN2O2. The zero-order valence-corrected chi connectivity index (χ0v) is 12.0. The third kappa shape index (κ3) is 4.66. The molecule has 0 saturated carbocycles. The van der Waals surface area contributed by atoms with E-state index in [0.717, 1.165) is 37.6 Å². The summed E-state index contributed by atoms with van der Waals surface area (Å²) in [5, 5.41) is 3.61. The first-order valence-electron chi connectivity index (χ1n) is 6.24. The second kappa shape index (κ2) is 7.69. The van der Waals surface area contributed by atoms with Gasteiger partial charge in [0.25, 0.3) is 0 Å². The topological polar surface area (TPSA) is 49.4 Å². The Kier molecular flexibility index (Phi) is 6.55. The lowest BCUT2D eigenvalue weighted by Gasteiger charge is -2.31. The predicted octanol–water partition coefficient (Wildman–Crippen LogP) is 1.54. The molecule has 0 radical (unpaired) electrons. The maximum atomic E-state index is 11.9. The summed E-state index contributed by atoms with van der Waals surface area (Å²) in [7, 11) is 1.65. The van der Waals surface area contributed by atoms with Crippen molar-refractivity contribution < 1.29 is 9.59 Å². The summed E-state index contributed by atoms with van der Waals surface area (Å²) in [5.41, 5.74) is 0. The quantitative estimate of drug-likeness (QED) is 0.619. The predicted molar refractivity (Wildman–Crippen MR) is 71.0 cm³/mol. The van der Waals surface area contributed by atoms with Crippen molar-refractivity contribution in [3.8, 4) is 0 Å². The van der Waals surface area contributed by atoms with Crippen LogP contribution in [0.25, 0.3) is 0 Å². The van der Waals surface area contributed by atoms with E-state index in [-0.39, 0.29) is 17.7 Å². The summed E-state index contributed by atoms with van der Waals surface area (Å²) in [4.78, 5) is 25.3. The van der Waals surface area contributed by atoms with Crippen molar-refractivity contribution in [1.29, 1.82) is 0 Å². The largest absolute Gasteiger partial charge is 0.359 e. The summed E-state index contributed by atoms with van der Waals surface area (Å²) >= 11 is 3.36. The van der Waals surface area contributed by atoms with E-state index in [4.69, 9.17) is 0 Å². The summed E-state index contributed by atoms with van der Waals surface area (Å²) in [6.07, 6.45) is 4.38. The fourth-order valence-electron chi connectivity index (χ4n) is 2.15. The van der Waals surface area contributed by atoms with Gasteiger partial charge in [0, 0.05) is 31.9 Å². The highest BCUT2D eigenvalue weighted by Crippen LogP contribution is 2.17.